The van der Waals surface area contributed by atoms with Crippen LogP contribution in [0.4, 0.5) is 0 Å². The van der Waals surface area contributed by atoms with Crippen molar-refractivity contribution in [3.8, 4) is 0 Å². The molecule has 21 heavy (non-hydrogen) atoms. The quantitative estimate of drug-likeness (QED) is 0.713. The van der Waals surface area contributed by atoms with E-state index in [1.807, 2.05) is 6.92 Å². The third kappa shape index (κ3) is 6.76. The summed E-state index contributed by atoms with van der Waals surface area (Å²) >= 11 is 0. The molecule has 0 aliphatic rings. The summed E-state index contributed by atoms with van der Waals surface area (Å²) in [6.07, 6.45) is 4.38. The summed E-state index contributed by atoms with van der Waals surface area (Å²) in [5.74, 6) is -0.334. The number of aryl methyl sites for hydroxylation is 1. The number of amides is 1. The standard InChI is InChI=1S/C16H25NO3S/c1-3-4-5-6-12-17-16(18)11-13-21(19,20)15-9-7-14(2)8-10-15/h7-10H,3-6,11-13H2,1-2H3,(H,17,18). The van der Waals surface area contributed by atoms with E-state index in [0.29, 0.717) is 6.54 Å². The lowest BCUT2D eigenvalue weighted by Gasteiger charge is -2.06. The van der Waals surface area contributed by atoms with Gasteiger partial charge in [0.2, 0.25) is 5.91 Å². The van der Waals surface area contributed by atoms with Gasteiger partial charge in [-0.2, -0.15) is 0 Å². The van der Waals surface area contributed by atoms with Gasteiger partial charge in [-0.3, -0.25) is 4.79 Å². The highest BCUT2D eigenvalue weighted by Crippen LogP contribution is 2.12. The van der Waals surface area contributed by atoms with Crippen molar-refractivity contribution in [2.24, 2.45) is 0 Å². The molecule has 0 aliphatic heterocycles. The summed E-state index contributed by atoms with van der Waals surface area (Å²) in [6, 6.07) is 6.71. The highest BCUT2D eigenvalue weighted by atomic mass is 32.2. The monoisotopic (exact) mass is 311 g/mol. The topological polar surface area (TPSA) is 63.2 Å². The lowest BCUT2D eigenvalue weighted by atomic mass is 10.2. The zero-order chi connectivity index (χ0) is 15.7. The van der Waals surface area contributed by atoms with Gasteiger partial charge >= 0.3 is 0 Å². The number of benzene rings is 1. The van der Waals surface area contributed by atoms with Gasteiger partial charge < -0.3 is 5.32 Å². The third-order valence-corrected chi connectivity index (χ3v) is 5.06. The van der Waals surface area contributed by atoms with Crippen molar-refractivity contribution in [1.29, 1.82) is 0 Å². The fourth-order valence-corrected chi connectivity index (χ4v) is 3.20. The van der Waals surface area contributed by atoms with Crippen molar-refractivity contribution in [3.63, 3.8) is 0 Å². The minimum absolute atomic E-state index is 0.0178. The number of rotatable bonds is 9. The van der Waals surface area contributed by atoms with Gasteiger partial charge in [0.1, 0.15) is 0 Å². The summed E-state index contributed by atoms with van der Waals surface area (Å²) in [5.41, 5.74) is 1.01. The number of hydrogen-bond donors (Lipinski definition) is 1. The Labute approximate surface area is 127 Å². The second kappa shape index (κ2) is 8.82. The molecule has 0 saturated heterocycles. The van der Waals surface area contributed by atoms with Crippen LogP contribution < -0.4 is 5.32 Å². The van der Waals surface area contributed by atoms with Crippen LogP contribution in [0.25, 0.3) is 0 Å². The van der Waals surface area contributed by atoms with E-state index in [-0.39, 0.29) is 23.0 Å². The van der Waals surface area contributed by atoms with Gasteiger partial charge in [-0.15, -0.1) is 0 Å². The lowest BCUT2D eigenvalue weighted by molar-refractivity contribution is -0.120. The molecule has 0 aliphatic carbocycles. The highest BCUT2D eigenvalue weighted by molar-refractivity contribution is 7.91. The first kappa shape index (κ1) is 17.7. The highest BCUT2D eigenvalue weighted by Gasteiger charge is 2.15. The maximum Gasteiger partial charge on any atom is 0.221 e. The van der Waals surface area contributed by atoms with Crippen molar-refractivity contribution >= 4 is 15.7 Å². The molecular weight excluding hydrogens is 286 g/mol. The summed E-state index contributed by atoms with van der Waals surface area (Å²) in [7, 11) is -3.37. The van der Waals surface area contributed by atoms with E-state index in [9.17, 15) is 13.2 Å². The van der Waals surface area contributed by atoms with Gasteiger partial charge in [-0.05, 0) is 25.5 Å². The van der Waals surface area contributed by atoms with Crippen LogP contribution in [-0.2, 0) is 14.6 Å². The number of hydrogen-bond acceptors (Lipinski definition) is 3. The van der Waals surface area contributed by atoms with E-state index in [2.05, 4.69) is 12.2 Å². The number of unbranched alkanes of at least 4 members (excludes halogenated alkanes) is 3. The molecule has 0 bridgehead atoms. The second-order valence-electron chi connectivity index (χ2n) is 5.29. The van der Waals surface area contributed by atoms with E-state index in [4.69, 9.17) is 0 Å². The van der Waals surface area contributed by atoms with Gasteiger partial charge in [0.05, 0.1) is 10.6 Å². The molecule has 0 heterocycles. The molecule has 5 heteroatoms. The predicted octanol–water partition coefficient (Wildman–Crippen LogP) is 2.86. The van der Waals surface area contributed by atoms with Crippen molar-refractivity contribution in [2.45, 2.75) is 50.8 Å². The molecule has 1 aromatic rings. The molecule has 4 nitrogen and oxygen atoms in total. The first-order chi connectivity index (χ1) is 9.95. The molecule has 0 radical (unpaired) electrons. The van der Waals surface area contributed by atoms with Gasteiger partial charge in [-0.1, -0.05) is 43.9 Å². The normalized spacial score (nSPS) is 11.3. The first-order valence-electron chi connectivity index (χ1n) is 7.52. The van der Waals surface area contributed by atoms with Gasteiger partial charge in [-0.25, -0.2) is 8.42 Å². The molecule has 0 spiro atoms. The molecular formula is C16H25NO3S. The molecule has 1 amide bonds. The fraction of sp³-hybridized carbons (Fsp3) is 0.562. The number of carbonyl (C=O) groups is 1. The minimum atomic E-state index is -3.37. The Kier molecular flexibility index (Phi) is 7.43. The van der Waals surface area contributed by atoms with Gasteiger partial charge in [0.25, 0.3) is 0 Å². The maximum absolute atomic E-state index is 12.1. The van der Waals surface area contributed by atoms with Crippen molar-refractivity contribution in [1.82, 2.24) is 5.32 Å². The van der Waals surface area contributed by atoms with E-state index in [0.717, 1.165) is 31.2 Å². The van der Waals surface area contributed by atoms with E-state index < -0.39 is 9.84 Å². The van der Waals surface area contributed by atoms with Gasteiger partial charge in [0.15, 0.2) is 9.84 Å². The van der Waals surface area contributed by atoms with Crippen LogP contribution in [0, 0.1) is 6.92 Å². The van der Waals surface area contributed by atoms with Gasteiger partial charge in [0, 0.05) is 13.0 Å². The minimum Gasteiger partial charge on any atom is -0.356 e. The number of nitrogens with one attached hydrogen (secondary N) is 1. The van der Waals surface area contributed by atoms with Crippen LogP contribution in [0.5, 0.6) is 0 Å². The molecule has 1 N–H and O–H groups in total. The Morgan fingerprint density at radius 2 is 1.76 bits per heavy atom. The SMILES string of the molecule is CCCCCCNC(=O)CCS(=O)(=O)c1ccc(C)cc1. The predicted molar refractivity (Wildman–Crippen MR) is 85.0 cm³/mol. The van der Waals surface area contributed by atoms with E-state index in [1.165, 1.54) is 0 Å². The summed E-state index contributed by atoms with van der Waals surface area (Å²) in [4.78, 5) is 11.9. The molecule has 0 saturated carbocycles. The maximum atomic E-state index is 12.1. The number of sulfone groups is 1. The van der Waals surface area contributed by atoms with Crippen LogP contribution >= 0.6 is 0 Å². The zero-order valence-electron chi connectivity index (χ0n) is 12.9. The summed E-state index contributed by atoms with van der Waals surface area (Å²) in [6.45, 7) is 4.67. The molecule has 1 rings (SSSR count). The number of carbonyl (C=O) groups excluding carboxylic acids is 1. The summed E-state index contributed by atoms with van der Waals surface area (Å²) < 4.78 is 24.2. The molecule has 0 unspecified atom stereocenters. The lowest BCUT2D eigenvalue weighted by Crippen LogP contribution is -2.26. The Morgan fingerprint density at radius 3 is 2.38 bits per heavy atom. The average molecular weight is 311 g/mol. The first-order valence-corrected chi connectivity index (χ1v) is 9.17. The van der Waals surface area contributed by atoms with Crippen LogP contribution in [0.1, 0.15) is 44.6 Å². The van der Waals surface area contributed by atoms with Crippen LogP contribution in [0.15, 0.2) is 29.2 Å². The largest absolute Gasteiger partial charge is 0.356 e. The Morgan fingerprint density at radius 1 is 1.10 bits per heavy atom. The average Bonchev–Trinajstić information content (AvgIpc) is 2.45. The molecule has 0 atom stereocenters. The Bertz CT molecular complexity index is 535. The third-order valence-electron chi connectivity index (χ3n) is 3.33. The van der Waals surface area contributed by atoms with Crippen molar-refractivity contribution < 1.29 is 13.2 Å². The molecule has 1 aromatic carbocycles. The fourth-order valence-electron chi connectivity index (χ4n) is 1.96. The van der Waals surface area contributed by atoms with E-state index in [1.54, 1.807) is 24.3 Å². The molecule has 118 valence electrons. The van der Waals surface area contributed by atoms with Crippen LogP contribution in [0.3, 0.4) is 0 Å². The van der Waals surface area contributed by atoms with Crippen molar-refractivity contribution in [3.05, 3.63) is 29.8 Å². The second-order valence-corrected chi connectivity index (χ2v) is 7.40. The summed E-state index contributed by atoms with van der Waals surface area (Å²) in [5, 5.41) is 2.77. The Hall–Kier alpha value is -1.36. The molecule has 0 fully saturated rings. The van der Waals surface area contributed by atoms with Crippen LogP contribution in [-0.4, -0.2) is 26.6 Å². The Balaban J connectivity index is 2.36. The van der Waals surface area contributed by atoms with Crippen molar-refractivity contribution in [2.75, 3.05) is 12.3 Å². The van der Waals surface area contributed by atoms with Crippen LogP contribution in [0.2, 0.25) is 0 Å². The van der Waals surface area contributed by atoms with E-state index >= 15 is 0 Å². The smallest absolute Gasteiger partial charge is 0.221 e. The molecule has 0 aromatic heterocycles. The zero-order valence-corrected chi connectivity index (χ0v) is 13.7.